The second-order valence-electron chi connectivity index (χ2n) is 8.31. The largest absolute Gasteiger partial charge is 0.497 e. The summed E-state index contributed by atoms with van der Waals surface area (Å²) in [5.41, 5.74) is 0.557. The number of rotatable bonds is 7. The minimum atomic E-state index is -1.04. The van der Waals surface area contributed by atoms with Gasteiger partial charge in [0.25, 0.3) is 0 Å². The topological polar surface area (TPSA) is 77.3 Å². The summed E-state index contributed by atoms with van der Waals surface area (Å²) in [6.07, 6.45) is 2.68. The van der Waals surface area contributed by atoms with Crippen LogP contribution in [0, 0.1) is 0 Å². The first-order valence-electron chi connectivity index (χ1n) is 11.1. The Bertz CT molecular complexity index is 1200. The number of carbonyl (C=O) groups is 2. The molecule has 1 heterocycles. The molecule has 34 heavy (non-hydrogen) atoms. The fraction of sp³-hybridized carbons (Fsp3) is 0.360. The average Bonchev–Trinajstić information content (AvgIpc) is 3.23. The number of ether oxygens (including phenoxy) is 1. The van der Waals surface area contributed by atoms with Crippen molar-refractivity contribution in [1.82, 2.24) is 19.7 Å². The SMILES string of the molecule is COc1ccc(-c2nnc(SCC(=O)N(C)C3(c4ccccc4Cl)CCCCC3=O)n2C)cc1. The predicted octanol–water partition coefficient (Wildman–Crippen LogP) is 4.73. The van der Waals surface area contributed by atoms with Crippen LogP contribution in [0.15, 0.2) is 53.7 Å². The number of ketones is 1. The summed E-state index contributed by atoms with van der Waals surface area (Å²) in [5.74, 6) is 1.46. The number of Topliss-reactive ketones (excluding diaryl/α,β-unsaturated/α-hetero) is 1. The van der Waals surface area contributed by atoms with Gasteiger partial charge in [0.15, 0.2) is 16.8 Å². The van der Waals surface area contributed by atoms with Crippen molar-refractivity contribution in [2.24, 2.45) is 7.05 Å². The molecule has 9 heteroatoms. The molecule has 7 nitrogen and oxygen atoms in total. The minimum absolute atomic E-state index is 0.0353. The van der Waals surface area contributed by atoms with E-state index in [1.54, 1.807) is 25.1 Å². The molecular weight excluding hydrogens is 472 g/mol. The molecule has 4 rings (SSSR count). The number of thioether (sulfide) groups is 1. The van der Waals surface area contributed by atoms with Crippen LogP contribution in [0.5, 0.6) is 5.75 Å². The number of amides is 1. The Morgan fingerprint density at radius 1 is 1.18 bits per heavy atom. The van der Waals surface area contributed by atoms with Crippen molar-refractivity contribution in [3.05, 3.63) is 59.1 Å². The number of nitrogens with zero attached hydrogens (tertiary/aromatic N) is 4. The zero-order valence-corrected chi connectivity index (χ0v) is 21.0. The number of hydrogen-bond acceptors (Lipinski definition) is 6. The van der Waals surface area contributed by atoms with Gasteiger partial charge in [-0.3, -0.25) is 9.59 Å². The van der Waals surface area contributed by atoms with E-state index in [1.165, 1.54) is 11.8 Å². The average molecular weight is 499 g/mol. The second kappa shape index (κ2) is 10.2. The molecule has 1 atom stereocenters. The van der Waals surface area contributed by atoms with Crippen molar-refractivity contribution < 1.29 is 14.3 Å². The first kappa shape index (κ1) is 24.3. The Morgan fingerprint density at radius 2 is 1.91 bits per heavy atom. The third-order valence-corrected chi connectivity index (χ3v) is 7.76. The molecular formula is C25H27ClN4O3S. The van der Waals surface area contributed by atoms with Crippen molar-refractivity contribution >= 4 is 35.1 Å². The number of halogens is 1. The summed E-state index contributed by atoms with van der Waals surface area (Å²) in [6, 6.07) is 14.9. The lowest BCUT2D eigenvalue weighted by molar-refractivity contribution is -0.146. The molecule has 178 valence electrons. The van der Waals surface area contributed by atoms with Crippen LogP contribution in [0.25, 0.3) is 11.4 Å². The Balaban J connectivity index is 1.53. The van der Waals surface area contributed by atoms with Crippen LogP contribution in [-0.4, -0.2) is 51.3 Å². The molecule has 1 aromatic heterocycles. The van der Waals surface area contributed by atoms with E-state index in [0.29, 0.717) is 34.4 Å². The first-order valence-corrected chi connectivity index (χ1v) is 12.5. The van der Waals surface area contributed by atoms with Gasteiger partial charge in [-0.1, -0.05) is 41.6 Å². The summed E-state index contributed by atoms with van der Waals surface area (Å²) in [6.45, 7) is 0. The fourth-order valence-electron chi connectivity index (χ4n) is 4.50. The quantitative estimate of drug-likeness (QED) is 0.438. The molecule has 1 amide bonds. The lowest BCUT2D eigenvalue weighted by Crippen LogP contribution is -2.54. The van der Waals surface area contributed by atoms with E-state index in [-0.39, 0.29) is 17.4 Å². The van der Waals surface area contributed by atoms with Crippen LogP contribution in [0.1, 0.15) is 31.2 Å². The van der Waals surface area contributed by atoms with E-state index >= 15 is 0 Å². The summed E-state index contributed by atoms with van der Waals surface area (Å²) in [5, 5.41) is 9.68. The Morgan fingerprint density at radius 3 is 2.59 bits per heavy atom. The van der Waals surface area contributed by atoms with Gasteiger partial charge in [-0.15, -0.1) is 10.2 Å². The normalized spacial score (nSPS) is 18.1. The highest BCUT2D eigenvalue weighted by atomic mass is 35.5. The molecule has 1 unspecified atom stereocenters. The van der Waals surface area contributed by atoms with Crippen LogP contribution in [0.3, 0.4) is 0 Å². The molecule has 0 aliphatic heterocycles. The molecule has 0 radical (unpaired) electrons. The predicted molar refractivity (Wildman–Crippen MR) is 133 cm³/mol. The van der Waals surface area contributed by atoms with Gasteiger partial charge >= 0.3 is 0 Å². The second-order valence-corrected chi connectivity index (χ2v) is 9.66. The Hall–Kier alpha value is -2.84. The van der Waals surface area contributed by atoms with Crippen LogP contribution < -0.4 is 4.74 Å². The fourth-order valence-corrected chi connectivity index (χ4v) is 5.61. The van der Waals surface area contributed by atoms with E-state index < -0.39 is 5.54 Å². The molecule has 1 saturated carbocycles. The zero-order valence-electron chi connectivity index (χ0n) is 19.5. The van der Waals surface area contributed by atoms with Gasteiger partial charge in [0, 0.05) is 36.7 Å². The number of likely N-dealkylation sites (N-methyl/N-ethyl adjacent to an activating group) is 1. The molecule has 2 aromatic carbocycles. The van der Waals surface area contributed by atoms with Crippen molar-refractivity contribution in [3.8, 4) is 17.1 Å². The monoisotopic (exact) mass is 498 g/mol. The molecule has 3 aromatic rings. The molecule has 0 bridgehead atoms. The van der Waals surface area contributed by atoms with Crippen molar-refractivity contribution in [3.63, 3.8) is 0 Å². The molecule has 1 fully saturated rings. The first-order chi connectivity index (χ1) is 16.4. The summed E-state index contributed by atoms with van der Waals surface area (Å²) < 4.78 is 7.07. The van der Waals surface area contributed by atoms with Crippen molar-refractivity contribution in [2.45, 2.75) is 36.4 Å². The molecule has 1 aliphatic carbocycles. The van der Waals surface area contributed by atoms with E-state index in [0.717, 1.165) is 24.2 Å². The van der Waals surface area contributed by atoms with Gasteiger partial charge in [-0.2, -0.15) is 0 Å². The van der Waals surface area contributed by atoms with Crippen LogP contribution in [0.4, 0.5) is 0 Å². The molecule has 0 N–H and O–H groups in total. The lowest BCUT2D eigenvalue weighted by atomic mass is 9.74. The van der Waals surface area contributed by atoms with Gasteiger partial charge in [0.05, 0.1) is 12.9 Å². The molecule has 0 saturated heterocycles. The Kier molecular flexibility index (Phi) is 7.28. The maximum Gasteiger partial charge on any atom is 0.233 e. The standard InChI is InChI=1S/C25H27ClN4O3S/c1-29-23(17-11-13-18(33-3)14-12-17)27-28-24(29)34-16-22(32)30(2)25(15-7-6-10-21(25)31)19-8-4-5-9-20(19)26/h4-5,8-9,11-14H,6-7,10,15-16H2,1-3H3. The van der Waals surface area contributed by atoms with Gasteiger partial charge in [0.1, 0.15) is 11.3 Å². The zero-order chi connectivity index (χ0) is 24.3. The summed E-state index contributed by atoms with van der Waals surface area (Å²) >= 11 is 7.81. The maximum absolute atomic E-state index is 13.3. The van der Waals surface area contributed by atoms with Crippen LogP contribution >= 0.6 is 23.4 Å². The van der Waals surface area contributed by atoms with Gasteiger partial charge in [-0.25, -0.2) is 0 Å². The van der Waals surface area contributed by atoms with Gasteiger partial charge in [0.2, 0.25) is 5.91 Å². The van der Waals surface area contributed by atoms with E-state index in [4.69, 9.17) is 16.3 Å². The number of aromatic nitrogens is 3. The maximum atomic E-state index is 13.3. The summed E-state index contributed by atoms with van der Waals surface area (Å²) in [7, 11) is 5.19. The van der Waals surface area contributed by atoms with Crippen molar-refractivity contribution in [2.75, 3.05) is 19.9 Å². The molecule has 1 aliphatic rings. The van der Waals surface area contributed by atoms with Gasteiger partial charge in [-0.05, 0) is 49.6 Å². The van der Waals surface area contributed by atoms with E-state index in [9.17, 15) is 9.59 Å². The van der Waals surface area contributed by atoms with E-state index in [2.05, 4.69) is 10.2 Å². The van der Waals surface area contributed by atoms with Crippen LogP contribution in [-0.2, 0) is 22.2 Å². The van der Waals surface area contributed by atoms with Gasteiger partial charge < -0.3 is 14.2 Å². The number of benzene rings is 2. The third kappa shape index (κ3) is 4.44. The summed E-state index contributed by atoms with van der Waals surface area (Å²) in [4.78, 5) is 28.2. The number of hydrogen-bond donors (Lipinski definition) is 0. The van der Waals surface area contributed by atoms with Crippen LogP contribution in [0.2, 0.25) is 5.02 Å². The highest BCUT2D eigenvalue weighted by Crippen LogP contribution is 2.42. The molecule has 0 spiro atoms. The Labute approximate surface area is 208 Å². The highest BCUT2D eigenvalue weighted by molar-refractivity contribution is 7.99. The smallest absolute Gasteiger partial charge is 0.233 e. The lowest BCUT2D eigenvalue weighted by Gasteiger charge is -2.44. The number of methoxy groups -OCH3 is 1. The third-order valence-electron chi connectivity index (χ3n) is 6.43. The van der Waals surface area contributed by atoms with Crippen molar-refractivity contribution in [1.29, 1.82) is 0 Å². The number of carbonyl (C=O) groups excluding carboxylic acids is 2. The van der Waals surface area contributed by atoms with E-state index in [1.807, 2.05) is 54.1 Å². The minimum Gasteiger partial charge on any atom is -0.497 e. The highest BCUT2D eigenvalue weighted by Gasteiger charge is 2.47.